The molecule has 0 aliphatic rings. The van der Waals surface area contributed by atoms with Gasteiger partial charge in [-0.2, -0.15) is 4.98 Å². The van der Waals surface area contributed by atoms with E-state index in [1.165, 1.54) is 0 Å². The molecule has 0 saturated heterocycles. The van der Waals surface area contributed by atoms with Gasteiger partial charge in [0.25, 0.3) is 0 Å². The first-order valence-corrected chi connectivity index (χ1v) is 10.6. The average Bonchev–Trinajstić information content (AvgIpc) is 3.16. The first-order chi connectivity index (χ1) is 15.6. The number of nitrogens with one attached hydrogen (secondary N) is 1. The number of nitrogens with zero attached hydrogens (tertiary/aromatic N) is 2. The number of ether oxygens (including phenoxy) is 2. The lowest BCUT2D eigenvalue weighted by Crippen LogP contribution is -2.42. The largest absolute Gasteiger partial charge is 0.457 e. The summed E-state index contributed by atoms with van der Waals surface area (Å²) < 4.78 is 16.3. The zero-order chi connectivity index (χ0) is 24.0. The van der Waals surface area contributed by atoms with E-state index in [0.29, 0.717) is 27.9 Å². The SMILES string of the molecule is CC(C)(C)OC(=O)N[C@@H](CC(N)=O)Cc1nc(-c2ccc(Oc3ccc(Cl)cc3)cc2)no1. The van der Waals surface area contributed by atoms with Crippen molar-refractivity contribution < 1.29 is 23.6 Å². The zero-order valence-corrected chi connectivity index (χ0v) is 19.3. The topological polar surface area (TPSA) is 130 Å². The van der Waals surface area contributed by atoms with E-state index in [9.17, 15) is 9.59 Å². The van der Waals surface area contributed by atoms with Crippen LogP contribution in [0, 0.1) is 0 Å². The van der Waals surface area contributed by atoms with Crippen molar-refractivity contribution in [1.29, 1.82) is 0 Å². The number of halogens is 1. The van der Waals surface area contributed by atoms with Gasteiger partial charge in [0, 0.05) is 29.5 Å². The van der Waals surface area contributed by atoms with Crippen LogP contribution in [0.1, 0.15) is 33.1 Å². The number of primary amides is 1. The van der Waals surface area contributed by atoms with Gasteiger partial charge in [0.15, 0.2) is 0 Å². The first-order valence-electron chi connectivity index (χ1n) is 10.2. The standard InChI is InChI=1S/C23H25ClN4O5/c1-23(2,3)32-22(30)26-16(12-19(25)29)13-20-27-21(28-33-20)14-4-8-17(9-5-14)31-18-10-6-15(24)7-11-18/h4-11,16H,12-13H2,1-3H3,(H2,25,29)(H,26,30)/t16-/m0/s1. The van der Waals surface area contributed by atoms with Gasteiger partial charge in [0.1, 0.15) is 17.1 Å². The second-order valence-corrected chi connectivity index (χ2v) is 8.75. The molecule has 0 bridgehead atoms. The molecule has 3 N–H and O–H groups in total. The van der Waals surface area contributed by atoms with Crippen LogP contribution in [0.3, 0.4) is 0 Å². The molecular weight excluding hydrogens is 448 g/mol. The molecule has 174 valence electrons. The van der Waals surface area contributed by atoms with Gasteiger partial charge in [0.2, 0.25) is 17.6 Å². The van der Waals surface area contributed by atoms with Gasteiger partial charge >= 0.3 is 6.09 Å². The molecule has 33 heavy (non-hydrogen) atoms. The molecule has 2 amide bonds. The van der Waals surface area contributed by atoms with E-state index in [0.717, 1.165) is 0 Å². The molecule has 0 unspecified atom stereocenters. The second kappa shape index (κ2) is 10.4. The van der Waals surface area contributed by atoms with Crippen molar-refractivity contribution in [2.75, 3.05) is 0 Å². The Morgan fingerprint density at radius 3 is 2.27 bits per heavy atom. The third kappa shape index (κ3) is 7.80. The van der Waals surface area contributed by atoms with E-state index in [4.69, 9.17) is 31.3 Å². The fraction of sp³-hybridized carbons (Fsp3) is 0.304. The molecule has 10 heteroatoms. The molecule has 0 aliphatic heterocycles. The number of alkyl carbamates (subject to hydrolysis) is 1. The van der Waals surface area contributed by atoms with Crippen LogP contribution in [0.2, 0.25) is 5.02 Å². The lowest BCUT2D eigenvalue weighted by atomic mass is 10.1. The summed E-state index contributed by atoms with van der Waals surface area (Å²) in [5.41, 5.74) is 5.34. The van der Waals surface area contributed by atoms with Gasteiger partial charge in [0.05, 0.1) is 0 Å². The van der Waals surface area contributed by atoms with E-state index in [1.54, 1.807) is 69.3 Å². The Balaban J connectivity index is 1.65. The number of aromatic nitrogens is 2. The summed E-state index contributed by atoms with van der Waals surface area (Å²) in [4.78, 5) is 27.8. The summed E-state index contributed by atoms with van der Waals surface area (Å²) in [6.45, 7) is 5.23. The number of amides is 2. The first kappa shape index (κ1) is 24.1. The van der Waals surface area contributed by atoms with Crippen LogP contribution >= 0.6 is 11.6 Å². The summed E-state index contributed by atoms with van der Waals surface area (Å²) in [6.07, 6.45) is -0.648. The fourth-order valence-electron chi connectivity index (χ4n) is 2.87. The summed E-state index contributed by atoms with van der Waals surface area (Å²) in [5, 5.41) is 7.23. The van der Waals surface area contributed by atoms with Crippen LogP contribution < -0.4 is 15.8 Å². The smallest absolute Gasteiger partial charge is 0.407 e. The fourth-order valence-corrected chi connectivity index (χ4v) is 2.99. The Kier molecular flexibility index (Phi) is 7.55. The van der Waals surface area contributed by atoms with E-state index in [2.05, 4.69) is 15.5 Å². The molecule has 0 radical (unpaired) electrons. The number of carbonyl (C=O) groups excluding carboxylic acids is 2. The van der Waals surface area contributed by atoms with Gasteiger partial charge in [-0.3, -0.25) is 4.79 Å². The van der Waals surface area contributed by atoms with Crippen molar-refractivity contribution in [3.05, 3.63) is 59.4 Å². The van der Waals surface area contributed by atoms with Gasteiger partial charge in [-0.25, -0.2) is 4.79 Å². The third-order valence-corrected chi connectivity index (χ3v) is 4.47. The number of hydrogen-bond donors (Lipinski definition) is 2. The van der Waals surface area contributed by atoms with Crippen LogP contribution in [-0.2, 0) is 16.0 Å². The predicted octanol–water partition coefficient (Wildman–Crippen LogP) is 4.49. The summed E-state index contributed by atoms with van der Waals surface area (Å²) >= 11 is 5.88. The van der Waals surface area contributed by atoms with Crippen molar-refractivity contribution in [1.82, 2.24) is 15.5 Å². The molecule has 1 aromatic heterocycles. The molecule has 3 rings (SSSR count). The minimum absolute atomic E-state index is 0.103. The van der Waals surface area contributed by atoms with Gasteiger partial charge in [-0.1, -0.05) is 16.8 Å². The Labute approximate surface area is 196 Å². The summed E-state index contributed by atoms with van der Waals surface area (Å²) in [7, 11) is 0. The van der Waals surface area contributed by atoms with Crippen LogP contribution in [0.5, 0.6) is 11.5 Å². The molecule has 0 saturated carbocycles. The minimum Gasteiger partial charge on any atom is -0.457 e. The summed E-state index contributed by atoms with van der Waals surface area (Å²) in [6, 6.07) is 13.5. The van der Waals surface area contributed by atoms with Gasteiger partial charge < -0.3 is 25.0 Å². The number of carbonyl (C=O) groups is 2. The lowest BCUT2D eigenvalue weighted by Gasteiger charge is -2.22. The van der Waals surface area contributed by atoms with Crippen LogP contribution in [0.25, 0.3) is 11.4 Å². The Bertz CT molecular complexity index is 1090. The predicted molar refractivity (Wildman–Crippen MR) is 122 cm³/mol. The van der Waals surface area contributed by atoms with Crippen molar-refractivity contribution in [2.24, 2.45) is 5.73 Å². The van der Waals surface area contributed by atoms with Crippen LogP contribution in [0.15, 0.2) is 53.1 Å². The number of benzene rings is 2. The molecule has 3 aromatic rings. The highest BCUT2D eigenvalue weighted by Gasteiger charge is 2.23. The molecule has 0 aliphatic carbocycles. The Hall–Kier alpha value is -3.59. The van der Waals surface area contributed by atoms with Crippen LogP contribution in [0.4, 0.5) is 4.79 Å². The number of hydrogen-bond acceptors (Lipinski definition) is 7. The maximum absolute atomic E-state index is 12.1. The Morgan fingerprint density at radius 1 is 1.09 bits per heavy atom. The molecule has 1 atom stereocenters. The van der Waals surface area contributed by atoms with Crippen molar-refractivity contribution >= 4 is 23.6 Å². The Morgan fingerprint density at radius 2 is 1.70 bits per heavy atom. The van der Waals surface area contributed by atoms with Crippen LogP contribution in [-0.4, -0.2) is 33.8 Å². The third-order valence-electron chi connectivity index (χ3n) is 4.22. The highest BCUT2D eigenvalue weighted by atomic mass is 35.5. The van der Waals surface area contributed by atoms with Crippen molar-refractivity contribution in [2.45, 2.75) is 45.3 Å². The zero-order valence-electron chi connectivity index (χ0n) is 18.5. The highest BCUT2D eigenvalue weighted by molar-refractivity contribution is 6.30. The summed E-state index contributed by atoms with van der Waals surface area (Å²) in [5.74, 6) is 1.32. The van der Waals surface area contributed by atoms with E-state index < -0.39 is 23.6 Å². The van der Waals surface area contributed by atoms with Crippen molar-refractivity contribution in [3.8, 4) is 22.9 Å². The average molecular weight is 473 g/mol. The van der Waals surface area contributed by atoms with E-state index in [-0.39, 0.29) is 18.7 Å². The maximum atomic E-state index is 12.1. The number of nitrogens with two attached hydrogens (primary N) is 1. The molecule has 9 nitrogen and oxygen atoms in total. The maximum Gasteiger partial charge on any atom is 0.407 e. The van der Waals surface area contributed by atoms with E-state index >= 15 is 0 Å². The normalized spacial score (nSPS) is 12.1. The molecule has 1 heterocycles. The van der Waals surface area contributed by atoms with Crippen molar-refractivity contribution in [3.63, 3.8) is 0 Å². The number of rotatable bonds is 8. The second-order valence-electron chi connectivity index (χ2n) is 8.31. The molecule has 0 spiro atoms. The lowest BCUT2D eigenvalue weighted by molar-refractivity contribution is -0.118. The molecule has 2 aromatic carbocycles. The highest BCUT2D eigenvalue weighted by Crippen LogP contribution is 2.25. The molecular formula is C23H25ClN4O5. The van der Waals surface area contributed by atoms with Gasteiger partial charge in [-0.15, -0.1) is 0 Å². The minimum atomic E-state index is -0.678. The van der Waals surface area contributed by atoms with Gasteiger partial charge in [-0.05, 0) is 69.3 Å². The van der Waals surface area contributed by atoms with E-state index in [1.807, 2.05) is 0 Å². The monoisotopic (exact) mass is 472 g/mol. The quantitative estimate of drug-likeness (QED) is 0.493. The molecule has 0 fully saturated rings.